The standard InChI is InChI=1S/C19H17Cl2N3O2/c20-12-9-14(21)19(23-10-12)25-18-8-4-2-6-15(18)22-11-16-13-5-1-3-7-17(13)26-24-16/h2,4,6,8-10,22H,1,3,5,7,11H2. The number of hydrogen-bond donors (Lipinski definition) is 1. The van der Waals surface area contributed by atoms with Gasteiger partial charge in [-0.15, -0.1) is 0 Å². The molecule has 0 atom stereocenters. The number of halogens is 2. The van der Waals surface area contributed by atoms with Crippen molar-refractivity contribution in [1.82, 2.24) is 10.1 Å². The molecule has 26 heavy (non-hydrogen) atoms. The molecule has 2 aromatic heterocycles. The predicted molar refractivity (Wildman–Crippen MR) is 101 cm³/mol. The summed E-state index contributed by atoms with van der Waals surface area (Å²) in [7, 11) is 0. The largest absolute Gasteiger partial charge is 0.435 e. The second kappa shape index (κ2) is 7.56. The van der Waals surface area contributed by atoms with E-state index in [4.69, 9.17) is 32.5 Å². The van der Waals surface area contributed by atoms with Crippen LogP contribution in [0.5, 0.6) is 11.6 Å². The number of para-hydroxylation sites is 2. The van der Waals surface area contributed by atoms with Crippen molar-refractivity contribution >= 4 is 28.9 Å². The average Bonchev–Trinajstić information content (AvgIpc) is 3.06. The Morgan fingerprint density at radius 1 is 1.15 bits per heavy atom. The van der Waals surface area contributed by atoms with Gasteiger partial charge in [0.05, 0.1) is 17.3 Å². The van der Waals surface area contributed by atoms with E-state index in [1.165, 1.54) is 24.6 Å². The normalized spacial score (nSPS) is 13.3. The molecule has 5 nitrogen and oxygen atoms in total. The third-order valence-corrected chi connectivity index (χ3v) is 4.82. The van der Waals surface area contributed by atoms with Crippen LogP contribution in [0.3, 0.4) is 0 Å². The maximum atomic E-state index is 6.15. The van der Waals surface area contributed by atoms with Gasteiger partial charge in [0.2, 0.25) is 5.88 Å². The van der Waals surface area contributed by atoms with Crippen molar-refractivity contribution in [3.05, 3.63) is 63.6 Å². The maximum absolute atomic E-state index is 6.15. The van der Waals surface area contributed by atoms with E-state index in [9.17, 15) is 0 Å². The summed E-state index contributed by atoms with van der Waals surface area (Å²) >= 11 is 12.0. The number of fused-ring (bicyclic) bond motifs is 1. The quantitative estimate of drug-likeness (QED) is 0.609. The molecule has 1 aliphatic rings. The molecule has 2 heterocycles. The second-order valence-corrected chi connectivity index (χ2v) is 6.97. The van der Waals surface area contributed by atoms with Crippen LogP contribution in [-0.4, -0.2) is 10.1 Å². The fourth-order valence-corrected chi connectivity index (χ4v) is 3.47. The fraction of sp³-hybridized carbons (Fsp3) is 0.263. The van der Waals surface area contributed by atoms with Crippen molar-refractivity contribution in [3.63, 3.8) is 0 Å². The molecule has 7 heteroatoms. The van der Waals surface area contributed by atoms with Crippen molar-refractivity contribution in [2.75, 3.05) is 5.32 Å². The predicted octanol–water partition coefficient (Wildman–Crippen LogP) is 5.66. The zero-order valence-electron chi connectivity index (χ0n) is 14.0. The number of aromatic nitrogens is 2. The molecule has 0 fully saturated rings. The summed E-state index contributed by atoms with van der Waals surface area (Å²) in [6.45, 7) is 0.570. The molecule has 0 aliphatic heterocycles. The van der Waals surface area contributed by atoms with Crippen LogP contribution >= 0.6 is 23.2 Å². The molecule has 0 amide bonds. The van der Waals surface area contributed by atoms with Crippen molar-refractivity contribution in [2.45, 2.75) is 32.2 Å². The van der Waals surface area contributed by atoms with Gasteiger partial charge in [0.1, 0.15) is 16.5 Å². The number of nitrogens with one attached hydrogen (secondary N) is 1. The molecule has 0 bridgehead atoms. The lowest BCUT2D eigenvalue weighted by Gasteiger charge is -2.13. The van der Waals surface area contributed by atoms with Crippen molar-refractivity contribution in [3.8, 4) is 11.6 Å². The van der Waals surface area contributed by atoms with Gasteiger partial charge in [-0.25, -0.2) is 4.98 Å². The van der Waals surface area contributed by atoms with Gasteiger partial charge in [0.25, 0.3) is 0 Å². The van der Waals surface area contributed by atoms with E-state index >= 15 is 0 Å². The molecule has 1 aromatic carbocycles. The average molecular weight is 390 g/mol. The number of ether oxygens (including phenoxy) is 1. The Kier molecular flexibility index (Phi) is 5.00. The molecular weight excluding hydrogens is 373 g/mol. The molecule has 0 radical (unpaired) electrons. The number of rotatable bonds is 5. The summed E-state index contributed by atoms with van der Waals surface area (Å²) in [5.74, 6) is 1.96. The van der Waals surface area contributed by atoms with Gasteiger partial charge in [-0.1, -0.05) is 40.5 Å². The zero-order chi connectivity index (χ0) is 17.9. The summed E-state index contributed by atoms with van der Waals surface area (Å²) in [6.07, 6.45) is 5.85. The minimum Gasteiger partial charge on any atom is -0.435 e. The lowest BCUT2D eigenvalue weighted by molar-refractivity contribution is 0.368. The number of pyridine rings is 1. The highest BCUT2D eigenvalue weighted by atomic mass is 35.5. The highest BCUT2D eigenvalue weighted by molar-refractivity contribution is 6.35. The Morgan fingerprint density at radius 2 is 2.00 bits per heavy atom. The number of anilines is 1. The molecule has 0 saturated heterocycles. The second-order valence-electron chi connectivity index (χ2n) is 6.13. The molecule has 1 aliphatic carbocycles. The minimum atomic E-state index is 0.309. The number of aryl methyl sites for hydroxylation is 1. The van der Waals surface area contributed by atoms with Crippen LogP contribution in [0.4, 0.5) is 5.69 Å². The highest BCUT2D eigenvalue weighted by Gasteiger charge is 2.19. The molecule has 1 N–H and O–H groups in total. The third kappa shape index (κ3) is 3.64. The van der Waals surface area contributed by atoms with Crippen LogP contribution < -0.4 is 10.1 Å². The molecule has 0 unspecified atom stereocenters. The first-order valence-electron chi connectivity index (χ1n) is 8.49. The maximum Gasteiger partial charge on any atom is 0.238 e. The van der Waals surface area contributed by atoms with Gasteiger partial charge in [-0.2, -0.15) is 0 Å². The van der Waals surface area contributed by atoms with Gasteiger partial charge in [0.15, 0.2) is 5.75 Å². The van der Waals surface area contributed by atoms with Gasteiger partial charge in [-0.05, 0) is 37.5 Å². The molecular formula is C19H17Cl2N3O2. The van der Waals surface area contributed by atoms with Crippen LogP contribution in [0.25, 0.3) is 0 Å². The van der Waals surface area contributed by atoms with Crippen LogP contribution in [0.2, 0.25) is 10.0 Å². The SMILES string of the molecule is Clc1cnc(Oc2ccccc2NCc2noc3c2CCCC3)c(Cl)c1. The van der Waals surface area contributed by atoms with E-state index in [2.05, 4.69) is 15.5 Å². The summed E-state index contributed by atoms with van der Waals surface area (Å²) in [4.78, 5) is 4.14. The van der Waals surface area contributed by atoms with E-state index in [-0.39, 0.29) is 0 Å². The van der Waals surface area contributed by atoms with E-state index in [0.717, 1.165) is 30.0 Å². The topological polar surface area (TPSA) is 60.2 Å². The van der Waals surface area contributed by atoms with Gasteiger partial charge in [0, 0.05) is 18.2 Å². The van der Waals surface area contributed by atoms with Crippen molar-refractivity contribution < 1.29 is 9.26 Å². The smallest absolute Gasteiger partial charge is 0.238 e. The number of benzene rings is 1. The van der Waals surface area contributed by atoms with Gasteiger partial charge < -0.3 is 14.6 Å². The lowest BCUT2D eigenvalue weighted by atomic mass is 9.96. The van der Waals surface area contributed by atoms with E-state index in [0.29, 0.717) is 28.2 Å². The van der Waals surface area contributed by atoms with Crippen LogP contribution in [0.15, 0.2) is 41.1 Å². The Hall–Kier alpha value is -2.24. The number of nitrogens with zero attached hydrogens (tertiary/aromatic N) is 2. The van der Waals surface area contributed by atoms with E-state index in [1.807, 2.05) is 24.3 Å². The summed E-state index contributed by atoms with van der Waals surface area (Å²) in [5, 5.41) is 8.42. The van der Waals surface area contributed by atoms with Crippen molar-refractivity contribution in [1.29, 1.82) is 0 Å². The van der Waals surface area contributed by atoms with Gasteiger partial charge >= 0.3 is 0 Å². The summed E-state index contributed by atoms with van der Waals surface area (Å²) in [6, 6.07) is 9.22. The Morgan fingerprint density at radius 3 is 2.88 bits per heavy atom. The Bertz CT molecular complexity index is 927. The number of hydrogen-bond acceptors (Lipinski definition) is 5. The van der Waals surface area contributed by atoms with Crippen LogP contribution in [-0.2, 0) is 19.4 Å². The first-order valence-corrected chi connectivity index (χ1v) is 9.24. The minimum absolute atomic E-state index is 0.309. The molecule has 0 saturated carbocycles. The molecule has 0 spiro atoms. The first-order chi connectivity index (χ1) is 12.7. The monoisotopic (exact) mass is 389 g/mol. The van der Waals surface area contributed by atoms with E-state index < -0.39 is 0 Å². The molecule has 134 valence electrons. The lowest BCUT2D eigenvalue weighted by Crippen LogP contribution is -2.06. The fourth-order valence-electron chi connectivity index (χ4n) is 3.05. The molecule has 4 rings (SSSR count). The highest BCUT2D eigenvalue weighted by Crippen LogP contribution is 2.33. The van der Waals surface area contributed by atoms with Crippen LogP contribution in [0, 0.1) is 0 Å². The van der Waals surface area contributed by atoms with Crippen molar-refractivity contribution in [2.24, 2.45) is 0 Å². The first kappa shape index (κ1) is 17.2. The zero-order valence-corrected chi connectivity index (χ0v) is 15.5. The summed E-state index contributed by atoms with van der Waals surface area (Å²) < 4.78 is 11.3. The third-order valence-electron chi connectivity index (χ3n) is 4.35. The Balaban J connectivity index is 1.52. The van der Waals surface area contributed by atoms with Crippen LogP contribution in [0.1, 0.15) is 29.9 Å². The summed E-state index contributed by atoms with van der Waals surface area (Å²) in [5.41, 5.74) is 3.02. The van der Waals surface area contributed by atoms with E-state index in [1.54, 1.807) is 6.07 Å². The van der Waals surface area contributed by atoms with Gasteiger partial charge in [-0.3, -0.25) is 0 Å². The molecule has 3 aromatic rings. The Labute approximate surface area is 161 Å².